The summed E-state index contributed by atoms with van der Waals surface area (Å²) in [7, 11) is 0. The fourth-order valence-electron chi connectivity index (χ4n) is 1.74. The van der Waals surface area contributed by atoms with Crippen LogP contribution in [0.25, 0.3) is 0 Å². The minimum atomic E-state index is -3.10. The summed E-state index contributed by atoms with van der Waals surface area (Å²) >= 11 is 0. The van der Waals surface area contributed by atoms with E-state index in [2.05, 4.69) is 4.74 Å². The number of ether oxygens (including phenoxy) is 1. The second-order valence-electron chi connectivity index (χ2n) is 3.88. The number of nitrogens with zero attached hydrogens (tertiary/aromatic N) is 1. The number of amides is 1. The molecule has 106 valence electrons. The number of hydrogen-bond acceptors (Lipinski definition) is 2. The van der Waals surface area contributed by atoms with Gasteiger partial charge in [0.25, 0.3) is 5.91 Å². The number of benzene rings is 1. The van der Waals surface area contributed by atoms with Crippen LogP contribution in [0.5, 0.6) is 5.75 Å². The zero-order valence-electron chi connectivity index (χ0n) is 10.8. The Balaban J connectivity index is 3.12. The lowest BCUT2D eigenvalue weighted by molar-refractivity contribution is -0.0504. The zero-order chi connectivity index (χ0) is 14.4. The molecule has 0 heterocycles. The molecule has 0 bridgehead atoms. The molecule has 0 aromatic heterocycles. The predicted octanol–water partition coefficient (Wildman–Crippen LogP) is 3.30. The van der Waals surface area contributed by atoms with Gasteiger partial charge in [-0.25, -0.2) is 4.39 Å². The van der Waals surface area contributed by atoms with Gasteiger partial charge in [0.15, 0.2) is 0 Å². The van der Waals surface area contributed by atoms with Crippen molar-refractivity contribution in [3.05, 3.63) is 29.6 Å². The lowest BCUT2D eigenvalue weighted by Gasteiger charge is -2.21. The van der Waals surface area contributed by atoms with Crippen LogP contribution in [0.4, 0.5) is 13.2 Å². The molecular formula is C13H16F3NO2. The van der Waals surface area contributed by atoms with Crippen molar-refractivity contribution in [3.8, 4) is 5.75 Å². The maximum absolute atomic E-state index is 13.7. The molecule has 0 atom stereocenters. The first kappa shape index (κ1) is 15.3. The Morgan fingerprint density at radius 2 is 2.05 bits per heavy atom. The molecule has 0 aliphatic heterocycles. The third kappa shape index (κ3) is 3.87. The monoisotopic (exact) mass is 275 g/mol. The Morgan fingerprint density at radius 3 is 2.58 bits per heavy atom. The quantitative estimate of drug-likeness (QED) is 0.797. The van der Waals surface area contributed by atoms with Gasteiger partial charge in [-0.3, -0.25) is 4.79 Å². The second-order valence-corrected chi connectivity index (χ2v) is 3.88. The van der Waals surface area contributed by atoms with Crippen molar-refractivity contribution >= 4 is 5.91 Å². The molecule has 0 aliphatic rings. The van der Waals surface area contributed by atoms with Crippen LogP contribution in [-0.4, -0.2) is 30.5 Å². The predicted molar refractivity (Wildman–Crippen MR) is 64.9 cm³/mol. The first-order valence-electron chi connectivity index (χ1n) is 6.03. The Labute approximate surface area is 110 Å². The van der Waals surface area contributed by atoms with Crippen LogP contribution in [0.15, 0.2) is 18.2 Å². The van der Waals surface area contributed by atoms with Crippen LogP contribution in [-0.2, 0) is 0 Å². The molecule has 0 saturated carbocycles. The van der Waals surface area contributed by atoms with Crippen molar-refractivity contribution in [2.24, 2.45) is 0 Å². The van der Waals surface area contributed by atoms with E-state index in [9.17, 15) is 18.0 Å². The molecule has 0 radical (unpaired) electrons. The molecule has 0 N–H and O–H groups in total. The molecular weight excluding hydrogens is 259 g/mol. The Kier molecular flexibility index (Phi) is 5.66. The molecule has 0 aliphatic carbocycles. The van der Waals surface area contributed by atoms with Crippen LogP contribution >= 0.6 is 0 Å². The van der Waals surface area contributed by atoms with Crippen molar-refractivity contribution in [1.82, 2.24) is 4.90 Å². The van der Waals surface area contributed by atoms with Crippen molar-refractivity contribution in [3.63, 3.8) is 0 Å². The highest BCUT2D eigenvalue weighted by Crippen LogP contribution is 2.25. The van der Waals surface area contributed by atoms with Crippen LogP contribution in [0.2, 0.25) is 0 Å². The summed E-state index contributed by atoms with van der Waals surface area (Å²) in [6, 6.07) is 3.42. The van der Waals surface area contributed by atoms with E-state index in [-0.39, 0.29) is 0 Å². The van der Waals surface area contributed by atoms with E-state index in [0.717, 1.165) is 12.1 Å². The summed E-state index contributed by atoms with van der Waals surface area (Å²) in [6.45, 7) is 1.30. The summed E-state index contributed by atoms with van der Waals surface area (Å²) in [5.41, 5.74) is -0.446. The first-order chi connectivity index (χ1) is 9.01. The molecule has 1 amide bonds. The molecule has 19 heavy (non-hydrogen) atoms. The number of halogens is 3. The number of alkyl halides is 2. The van der Waals surface area contributed by atoms with E-state index < -0.39 is 29.6 Å². The fraction of sp³-hybridized carbons (Fsp3) is 0.462. The van der Waals surface area contributed by atoms with Gasteiger partial charge in [-0.1, -0.05) is 13.0 Å². The van der Waals surface area contributed by atoms with Gasteiger partial charge >= 0.3 is 6.61 Å². The minimum absolute atomic E-state index is 0.370. The molecule has 1 aromatic carbocycles. The van der Waals surface area contributed by atoms with Crippen molar-refractivity contribution in [1.29, 1.82) is 0 Å². The zero-order valence-corrected chi connectivity index (χ0v) is 10.8. The largest absolute Gasteiger partial charge is 0.434 e. The van der Waals surface area contributed by atoms with E-state index in [0.29, 0.717) is 19.5 Å². The normalized spacial score (nSPS) is 10.6. The smallest absolute Gasteiger partial charge is 0.387 e. The topological polar surface area (TPSA) is 29.5 Å². The fourth-order valence-corrected chi connectivity index (χ4v) is 1.74. The highest BCUT2D eigenvalue weighted by molar-refractivity contribution is 5.97. The highest BCUT2D eigenvalue weighted by atomic mass is 19.3. The summed E-state index contributed by atoms with van der Waals surface area (Å²) in [4.78, 5) is 13.5. The van der Waals surface area contributed by atoms with Gasteiger partial charge in [-0.15, -0.1) is 0 Å². The molecule has 0 saturated heterocycles. The second kappa shape index (κ2) is 7.01. The van der Waals surface area contributed by atoms with Gasteiger partial charge < -0.3 is 9.64 Å². The van der Waals surface area contributed by atoms with Crippen LogP contribution < -0.4 is 4.74 Å². The van der Waals surface area contributed by atoms with Gasteiger partial charge in [-0.05, 0) is 25.5 Å². The summed E-state index contributed by atoms with van der Waals surface area (Å²) in [5, 5.41) is 0. The average molecular weight is 275 g/mol. The van der Waals surface area contributed by atoms with Gasteiger partial charge in [-0.2, -0.15) is 8.78 Å². The van der Waals surface area contributed by atoms with Crippen molar-refractivity contribution in [2.45, 2.75) is 26.9 Å². The van der Waals surface area contributed by atoms with Gasteiger partial charge in [0.1, 0.15) is 17.1 Å². The van der Waals surface area contributed by atoms with E-state index in [4.69, 9.17) is 0 Å². The average Bonchev–Trinajstić information content (AvgIpc) is 2.34. The SMILES string of the molecule is CCCN(CC)C(=O)c1c(F)cccc1OC(F)F. The van der Waals surface area contributed by atoms with Crippen LogP contribution in [0, 0.1) is 5.82 Å². The van der Waals surface area contributed by atoms with E-state index in [1.54, 1.807) is 6.92 Å². The van der Waals surface area contributed by atoms with Gasteiger partial charge in [0, 0.05) is 13.1 Å². The number of carbonyl (C=O) groups is 1. The molecule has 1 rings (SSSR count). The maximum atomic E-state index is 13.7. The number of rotatable bonds is 6. The van der Waals surface area contributed by atoms with Crippen molar-refractivity contribution < 1.29 is 22.7 Å². The molecule has 1 aromatic rings. The van der Waals surface area contributed by atoms with E-state index in [1.165, 1.54) is 11.0 Å². The lowest BCUT2D eigenvalue weighted by atomic mass is 10.1. The number of carbonyl (C=O) groups excluding carboxylic acids is 1. The Hall–Kier alpha value is -1.72. The van der Waals surface area contributed by atoms with E-state index >= 15 is 0 Å². The lowest BCUT2D eigenvalue weighted by Crippen LogP contribution is -2.32. The molecule has 6 heteroatoms. The van der Waals surface area contributed by atoms with Gasteiger partial charge in [0.05, 0.1) is 0 Å². The highest BCUT2D eigenvalue weighted by Gasteiger charge is 2.23. The maximum Gasteiger partial charge on any atom is 0.387 e. The molecule has 0 fully saturated rings. The first-order valence-corrected chi connectivity index (χ1v) is 6.03. The minimum Gasteiger partial charge on any atom is -0.434 e. The van der Waals surface area contributed by atoms with Gasteiger partial charge in [0.2, 0.25) is 0 Å². The Morgan fingerprint density at radius 1 is 1.37 bits per heavy atom. The third-order valence-electron chi connectivity index (χ3n) is 2.57. The molecule has 3 nitrogen and oxygen atoms in total. The molecule has 0 unspecified atom stereocenters. The third-order valence-corrected chi connectivity index (χ3v) is 2.57. The number of hydrogen-bond donors (Lipinski definition) is 0. The van der Waals surface area contributed by atoms with Crippen LogP contribution in [0.3, 0.4) is 0 Å². The van der Waals surface area contributed by atoms with E-state index in [1.807, 2.05) is 6.92 Å². The van der Waals surface area contributed by atoms with Crippen LogP contribution in [0.1, 0.15) is 30.6 Å². The summed E-state index contributed by atoms with van der Waals surface area (Å²) < 4.78 is 42.4. The Bertz CT molecular complexity index is 438. The summed E-state index contributed by atoms with van der Waals surface area (Å²) in [5.74, 6) is -1.94. The summed E-state index contributed by atoms with van der Waals surface area (Å²) in [6.07, 6.45) is 0.694. The molecule has 0 spiro atoms. The standard InChI is InChI=1S/C13H16F3NO2/c1-3-8-17(4-2)12(18)11-9(14)6-5-7-10(11)19-13(15)16/h5-7,13H,3-4,8H2,1-2H3. The van der Waals surface area contributed by atoms with Crippen molar-refractivity contribution in [2.75, 3.05) is 13.1 Å².